The lowest BCUT2D eigenvalue weighted by molar-refractivity contribution is 0.101. The Morgan fingerprint density at radius 1 is 0.536 bits per heavy atom. The number of carbonyl (C=O) groups excluding carboxylic acids is 2. The number of aromatic nitrogens is 2. The number of pyridine rings is 2. The number of nitrogens with zero attached hydrogens (tertiary/aromatic N) is 4. The van der Waals surface area contributed by atoms with Crippen LogP contribution in [0.25, 0.3) is 0 Å². The number of rotatable bonds is 10. The number of hydrogen-bond acceptors (Lipinski definition) is 10. The van der Waals surface area contributed by atoms with E-state index in [1.165, 1.54) is 0 Å². The van der Waals surface area contributed by atoms with Crippen LogP contribution in [-0.2, 0) is 0 Å². The van der Waals surface area contributed by atoms with E-state index in [0.717, 1.165) is 61.8 Å². The molecule has 56 heavy (non-hydrogen) atoms. The summed E-state index contributed by atoms with van der Waals surface area (Å²) in [6.07, 6.45) is 9.35. The molecule has 2 aromatic heterocycles. The van der Waals surface area contributed by atoms with Crippen LogP contribution in [-0.4, -0.2) is 60.0 Å². The van der Waals surface area contributed by atoms with Crippen LogP contribution in [0.1, 0.15) is 33.6 Å². The van der Waals surface area contributed by atoms with Crippen LogP contribution >= 0.6 is 0 Å². The van der Waals surface area contributed by atoms with Crippen molar-refractivity contribution in [3.63, 3.8) is 0 Å². The Morgan fingerprint density at radius 2 is 0.946 bits per heavy atom. The highest BCUT2D eigenvalue weighted by atomic mass is 16.2. The van der Waals surface area contributed by atoms with E-state index in [2.05, 4.69) is 41.0 Å². The highest BCUT2D eigenvalue weighted by molar-refractivity contribution is 6.06. The molecule has 2 aliphatic heterocycles. The SMILES string of the molecule is Nc1ccccc1NC(=O)c1ccc(N2CC[C@@H](Nc3cccnc3)C2)cc1.Nc1ccccc1NC(=O)c1ccc(N2CC[C@H](Nc3cccnc3)C2)cc1. The zero-order chi connectivity index (χ0) is 38.7. The van der Waals surface area contributed by atoms with E-state index in [4.69, 9.17) is 11.5 Å². The van der Waals surface area contributed by atoms with Crippen molar-refractivity contribution in [1.82, 2.24) is 9.97 Å². The molecule has 0 radical (unpaired) electrons. The van der Waals surface area contributed by atoms with Crippen molar-refractivity contribution in [3.8, 4) is 0 Å². The van der Waals surface area contributed by atoms with Crippen molar-refractivity contribution < 1.29 is 9.59 Å². The Morgan fingerprint density at radius 3 is 1.32 bits per heavy atom. The molecule has 2 aliphatic rings. The number of nitrogens with two attached hydrogens (primary N) is 2. The molecule has 8 N–H and O–H groups in total. The molecule has 2 fully saturated rings. The van der Waals surface area contributed by atoms with E-state index in [9.17, 15) is 9.59 Å². The Bertz CT molecular complexity index is 2040. The Balaban J connectivity index is 0.000000172. The molecular weight excluding hydrogens is 701 g/mol. The van der Waals surface area contributed by atoms with Gasteiger partial charge in [-0.1, -0.05) is 24.3 Å². The van der Waals surface area contributed by atoms with Gasteiger partial charge in [-0.25, -0.2) is 0 Å². The molecule has 6 aromatic rings. The van der Waals surface area contributed by atoms with Crippen LogP contribution in [0.5, 0.6) is 0 Å². The number of amides is 2. The fourth-order valence-electron chi connectivity index (χ4n) is 6.85. The van der Waals surface area contributed by atoms with Crippen molar-refractivity contribution in [2.24, 2.45) is 0 Å². The fraction of sp³-hybridized carbons (Fsp3) is 0.182. The topological polar surface area (TPSA) is 167 Å². The highest BCUT2D eigenvalue weighted by Gasteiger charge is 2.24. The summed E-state index contributed by atoms with van der Waals surface area (Å²) < 4.78 is 0. The molecule has 0 aliphatic carbocycles. The number of anilines is 8. The van der Waals surface area contributed by atoms with Crippen LogP contribution in [0.15, 0.2) is 146 Å². The highest BCUT2D eigenvalue weighted by Crippen LogP contribution is 2.26. The van der Waals surface area contributed by atoms with Crippen LogP contribution < -0.4 is 42.5 Å². The van der Waals surface area contributed by atoms with Crippen molar-refractivity contribution in [1.29, 1.82) is 0 Å². The van der Waals surface area contributed by atoms with Crippen LogP contribution in [0.3, 0.4) is 0 Å². The van der Waals surface area contributed by atoms with Gasteiger partial charge in [0, 0.05) is 85.6 Å². The summed E-state index contributed by atoms with van der Waals surface area (Å²) in [6, 6.07) is 38.6. The number of nitrogens with one attached hydrogen (secondary N) is 4. The van der Waals surface area contributed by atoms with Gasteiger partial charge in [0.2, 0.25) is 0 Å². The van der Waals surface area contributed by atoms with Crippen molar-refractivity contribution in [2.75, 3.05) is 68.7 Å². The van der Waals surface area contributed by atoms with Crippen molar-refractivity contribution in [2.45, 2.75) is 24.9 Å². The average Bonchev–Trinajstić information content (AvgIpc) is 3.91. The molecule has 4 heterocycles. The Labute approximate surface area is 327 Å². The number of benzene rings is 4. The average molecular weight is 747 g/mol. The summed E-state index contributed by atoms with van der Waals surface area (Å²) in [5, 5.41) is 12.8. The zero-order valence-electron chi connectivity index (χ0n) is 31.0. The van der Waals surface area contributed by atoms with Gasteiger partial charge in [0.15, 0.2) is 0 Å². The van der Waals surface area contributed by atoms with Crippen LogP contribution in [0, 0.1) is 0 Å². The third kappa shape index (κ3) is 9.71. The maximum atomic E-state index is 12.5. The molecule has 0 spiro atoms. The summed E-state index contributed by atoms with van der Waals surface area (Å²) in [6.45, 7) is 3.79. The summed E-state index contributed by atoms with van der Waals surface area (Å²) >= 11 is 0. The van der Waals surface area contributed by atoms with Gasteiger partial charge in [-0.05, 0) is 110 Å². The first kappa shape index (κ1) is 37.2. The van der Waals surface area contributed by atoms with E-state index in [0.29, 0.717) is 46.0 Å². The number of para-hydroxylation sites is 4. The van der Waals surface area contributed by atoms with Crippen molar-refractivity contribution in [3.05, 3.63) is 157 Å². The normalized spacial score (nSPS) is 16.0. The molecule has 2 atom stereocenters. The zero-order valence-corrected chi connectivity index (χ0v) is 31.0. The molecule has 12 heteroatoms. The molecule has 2 saturated heterocycles. The molecule has 284 valence electrons. The molecule has 4 aromatic carbocycles. The Kier molecular flexibility index (Phi) is 11.9. The van der Waals surface area contributed by atoms with Gasteiger partial charge in [0.05, 0.1) is 34.1 Å². The van der Waals surface area contributed by atoms with Crippen molar-refractivity contribution >= 4 is 57.3 Å². The second kappa shape index (κ2) is 17.8. The maximum absolute atomic E-state index is 12.5. The van der Waals surface area contributed by atoms with Gasteiger partial charge in [-0.2, -0.15) is 0 Å². The van der Waals surface area contributed by atoms with Gasteiger partial charge < -0.3 is 42.5 Å². The number of hydrogen-bond donors (Lipinski definition) is 6. The number of nitrogen functional groups attached to an aromatic ring is 2. The van der Waals surface area contributed by atoms with Crippen LogP contribution in [0.4, 0.5) is 45.5 Å². The van der Waals surface area contributed by atoms with Gasteiger partial charge in [-0.3, -0.25) is 19.6 Å². The Hall–Kier alpha value is -7.08. The third-order valence-electron chi connectivity index (χ3n) is 9.85. The molecule has 0 saturated carbocycles. The standard InChI is InChI=1S/2C22H23N5O/c2*23-20-5-1-2-6-21(20)26-22(28)16-7-9-19(10-8-16)27-13-11-18(15-27)25-17-4-3-12-24-14-17/h2*1-10,12,14,18,25H,11,13,15,23H2,(H,26,28)/t2*18-/m10/s1. The van der Waals surface area contributed by atoms with Gasteiger partial charge in [-0.15, -0.1) is 0 Å². The van der Waals surface area contributed by atoms with Gasteiger partial charge >= 0.3 is 0 Å². The minimum Gasteiger partial charge on any atom is -0.397 e. The first-order chi connectivity index (χ1) is 27.4. The summed E-state index contributed by atoms with van der Waals surface area (Å²) in [7, 11) is 0. The smallest absolute Gasteiger partial charge is 0.255 e. The largest absolute Gasteiger partial charge is 0.397 e. The molecule has 2 amide bonds. The molecular formula is C44H46N10O2. The molecule has 12 nitrogen and oxygen atoms in total. The quantitative estimate of drug-likeness (QED) is 0.0789. The second-order valence-corrected chi connectivity index (χ2v) is 13.8. The lowest BCUT2D eigenvalue weighted by atomic mass is 10.1. The van der Waals surface area contributed by atoms with Gasteiger partial charge in [0.1, 0.15) is 0 Å². The first-order valence-corrected chi connectivity index (χ1v) is 18.7. The second-order valence-electron chi connectivity index (χ2n) is 13.8. The first-order valence-electron chi connectivity index (χ1n) is 18.7. The van der Waals surface area contributed by atoms with Crippen LogP contribution in [0.2, 0.25) is 0 Å². The van der Waals surface area contributed by atoms with E-state index in [1.807, 2.05) is 109 Å². The predicted molar refractivity (Wildman–Crippen MR) is 227 cm³/mol. The lowest BCUT2D eigenvalue weighted by Gasteiger charge is -2.20. The summed E-state index contributed by atoms with van der Waals surface area (Å²) in [5.41, 5.74) is 19.7. The predicted octanol–water partition coefficient (Wildman–Crippen LogP) is 7.21. The summed E-state index contributed by atoms with van der Waals surface area (Å²) in [4.78, 5) is 37.9. The van der Waals surface area contributed by atoms with E-state index in [1.54, 1.807) is 36.7 Å². The molecule has 0 unspecified atom stereocenters. The summed E-state index contributed by atoms with van der Waals surface area (Å²) in [5.74, 6) is -0.330. The molecule has 8 rings (SSSR count). The van der Waals surface area contributed by atoms with E-state index >= 15 is 0 Å². The number of carbonyl (C=O) groups is 2. The third-order valence-corrected chi connectivity index (χ3v) is 9.85. The lowest BCUT2D eigenvalue weighted by Crippen LogP contribution is -2.26. The maximum Gasteiger partial charge on any atom is 0.255 e. The van der Waals surface area contributed by atoms with E-state index in [-0.39, 0.29) is 11.8 Å². The monoisotopic (exact) mass is 746 g/mol. The minimum absolute atomic E-state index is 0.165. The van der Waals surface area contributed by atoms with E-state index < -0.39 is 0 Å². The molecule has 0 bridgehead atoms. The fourth-order valence-corrected chi connectivity index (χ4v) is 6.85. The minimum atomic E-state index is -0.165. The van der Waals surface area contributed by atoms with Gasteiger partial charge in [0.25, 0.3) is 11.8 Å².